The van der Waals surface area contributed by atoms with Gasteiger partial charge in [-0.3, -0.25) is 9.59 Å². The van der Waals surface area contributed by atoms with E-state index in [0.29, 0.717) is 31.1 Å². The van der Waals surface area contributed by atoms with Gasteiger partial charge in [0.05, 0.1) is 17.8 Å². The number of aromatic nitrogens is 2. The van der Waals surface area contributed by atoms with Crippen LogP contribution in [0.25, 0.3) is 0 Å². The van der Waals surface area contributed by atoms with E-state index in [0.717, 1.165) is 12.1 Å². The summed E-state index contributed by atoms with van der Waals surface area (Å²) in [6, 6.07) is -0.160. The minimum atomic E-state index is -0.316. The average molecular weight is 315 g/mol. The van der Waals surface area contributed by atoms with Crippen LogP contribution in [0.5, 0.6) is 0 Å². The number of piperidine rings is 1. The van der Waals surface area contributed by atoms with Gasteiger partial charge in [-0.15, -0.1) is 0 Å². The number of amides is 2. The number of methoxy groups -OCH3 is 1. The average Bonchev–Trinajstić information content (AvgIpc) is 2.88. The van der Waals surface area contributed by atoms with E-state index in [1.54, 1.807) is 12.0 Å². The lowest BCUT2D eigenvalue weighted by atomic mass is 10.0. The van der Waals surface area contributed by atoms with Crippen LogP contribution in [0.3, 0.4) is 0 Å². The third-order valence-electron chi connectivity index (χ3n) is 3.66. The summed E-state index contributed by atoms with van der Waals surface area (Å²) in [6.45, 7) is 2.98. The van der Waals surface area contributed by atoms with Crippen LogP contribution in [0.1, 0.15) is 29.7 Å². The summed E-state index contributed by atoms with van der Waals surface area (Å²) in [7, 11) is 1.57. The summed E-state index contributed by atoms with van der Waals surface area (Å²) in [6.07, 6.45) is 1.88. The molecule has 2 heterocycles. The van der Waals surface area contributed by atoms with Crippen LogP contribution < -0.4 is 5.32 Å². The first-order valence-corrected chi connectivity index (χ1v) is 7.24. The molecular formula is C13H19ClN4O3. The Kier molecular flexibility index (Phi) is 5.19. The van der Waals surface area contributed by atoms with E-state index in [9.17, 15) is 9.59 Å². The zero-order valence-corrected chi connectivity index (χ0v) is 12.8. The van der Waals surface area contributed by atoms with Crippen molar-refractivity contribution in [3.05, 3.63) is 16.7 Å². The number of aryl methyl sites for hydroxylation is 1. The van der Waals surface area contributed by atoms with Crippen LogP contribution in [-0.4, -0.2) is 59.5 Å². The first kappa shape index (κ1) is 15.8. The van der Waals surface area contributed by atoms with E-state index < -0.39 is 0 Å². The summed E-state index contributed by atoms with van der Waals surface area (Å²) in [5, 5.41) is 3.21. The Morgan fingerprint density at radius 3 is 3.00 bits per heavy atom. The van der Waals surface area contributed by atoms with Gasteiger partial charge in [-0.2, -0.15) is 0 Å². The standard InChI is InChI=1S/C13H19ClN4O3/c1-3-8-11(14)17-12(15-8)13(20)16-9-4-5-18(7-19)6-10(9)21-2/h7,9-10H,3-6H2,1-2H3,(H,15,17)(H,16,20). The number of likely N-dealkylation sites (tertiary alicyclic amines) is 1. The summed E-state index contributed by atoms with van der Waals surface area (Å²) in [5.74, 6) is -0.118. The van der Waals surface area contributed by atoms with Crippen molar-refractivity contribution >= 4 is 23.9 Å². The van der Waals surface area contributed by atoms with Gasteiger partial charge in [-0.25, -0.2) is 4.98 Å². The molecule has 1 aromatic rings. The monoisotopic (exact) mass is 314 g/mol. The molecule has 21 heavy (non-hydrogen) atoms. The molecule has 1 aliphatic heterocycles. The molecule has 0 aliphatic carbocycles. The van der Waals surface area contributed by atoms with Crippen LogP contribution >= 0.6 is 11.6 Å². The van der Waals surface area contributed by atoms with Crippen molar-refractivity contribution in [1.82, 2.24) is 20.2 Å². The smallest absolute Gasteiger partial charge is 0.287 e. The number of imidazole rings is 1. The van der Waals surface area contributed by atoms with Crippen molar-refractivity contribution in [2.75, 3.05) is 20.2 Å². The Balaban J connectivity index is 2.02. The van der Waals surface area contributed by atoms with Gasteiger partial charge in [0.2, 0.25) is 6.41 Å². The number of hydrogen-bond donors (Lipinski definition) is 2. The van der Waals surface area contributed by atoms with Crippen molar-refractivity contribution in [1.29, 1.82) is 0 Å². The summed E-state index contributed by atoms with van der Waals surface area (Å²) in [4.78, 5) is 31.6. The molecule has 0 bridgehead atoms. The topological polar surface area (TPSA) is 87.3 Å². The number of ether oxygens (including phenoxy) is 1. The molecule has 2 amide bonds. The number of rotatable bonds is 5. The largest absolute Gasteiger partial charge is 0.377 e. The van der Waals surface area contributed by atoms with Gasteiger partial charge in [0, 0.05) is 20.2 Å². The molecule has 1 aromatic heterocycles. The fourth-order valence-electron chi connectivity index (χ4n) is 2.41. The third-order valence-corrected chi connectivity index (χ3v) is 3.97. The van der Waals surface area contributed by atoms with E-state index in [1.807, 2.05) is 6.92 Å². The molecule has 2 N–H and O–H groups in total. The highest BCUT2D eigenvalue weighted by atomic mass is 35.5. The molecule has 0 radical (unpaired) electrons. The first-order valence-electron chi connectivity index (χ1n) is 6.86. The maximum absolute atomic E-state index is 12.2. The second-order valence-corrected chi connectivity index (χ2v) is 5.31. The molecule has 1 fully saturated rings. The Bertz CT molecular complexity index is 520. The SMILES string of the molecule is CCc1[nH]c(C(=O)NC2CCN(C=O)CC2OC)nc1Cl. The van der Waals surface area contributed by atoms with Crippen molar-refractivity contribution in [3.8, 4) is 0 Å². The minimum absolute atomic E-state index is 0.160. The molecule has 2 unspecified atom stereocenters. The van der Waals surface area contributed by atoms with Gasteiger partial charge in [0.1, 0.15) is 0 Å². The Morgan fingerprint density at radius 2 is 2.43 bits per heavy atom. The van der Waals surface area contributed by atoms with Gasteiger partial charge in [0.25, 0.3) is 5.91 Å². The number of nitrogens with zero attached hydrogens (tertiary/aromatic N) is 2. The lowest BCUT2D eigenvalue weighted by molar-refractivity contribution is -0.122. The Hall–Kier alpha value is -1.60. The predicted octanol–water partition coefficient (Wildman–Crippen LogP) is 0.601. The normalized spacial score (nSPS) is 22.1. The van der Waals surface area contributed by atoms with Gasteiger partial charge in [-0.05, 0) is 12.8 Å². The Labute approximate surface area is 128 Å². The number of halogens is 1. The van der Waals surface area contributed by atoms with Gasteiger partial charge < -0.3 is 19.9 Å². The van der Waals surface area contributed by atoms with Gasteiger partial charge in [0.15, 0.2) is 11.0 Å². The second kappa shape index (κ2) is 6.91. The highest BCUT2D eigenvalue weighted by Crippen LogP contribution is 2.15. The molecule has 2 rings (SSSR count). The number of H-pyrrole nitrogens is 1. The summed E-state index contributed by atoms with van der Waals surface area (Å²) >= 11 is 5.93. The molecule has 0 saturated carbocycles. The molecule has 7 nitrogen and oxygen atoms in total. The highest BCUT2D eigenvalue weighted by molar-refractivity contribution is 6.30. The minimum Gasteiger partial charge on any atom is -0.377 e. The molecule has 1 saturated heterocycles. The van der Waals surface area contributed by atoms with Crippen LogP contribution in [0, 0.1) is 0 Å². The first-order chi connectivity index (χ1) is 10.1. The number of nitrogens with one attached hydrogen (secondary N) is 2. The number of carbonyl (C=O) groups is 2. The van der Waals surface area contributed by atoms with E-state index in [1.165, 1.54) is 0 Å². The fourth-order valence-corrected chi connectivity index (χ4v) is 2.67. The number of carbonyl (C=O) groups excluding carboxylic acids is 2. The van der Waals surface area contributed by atoms with Gasteiger partial charge >= 0.3 is 0 Å². The molecule has 0 spiro atoms. The maximum Gasteiger partial charge on any atom is 0.287 e. The predicted molar refractivity (Wildman–Crippen MR) is 77.3 cm³/mol. The van der Waals surface area contributed by atoms with Gasteiger partial charge in [-0.1, -0.05) is 18.5 Å². The number of hydrogen-bond acceptors (Lipinski definition) is 4. The third kappa shape index (κ3) is 3.54. The molecule has 8 heteroatoms. The molecular weight excluding hydrogens is 296 g/mol. The van der Waals surface area contributed by atoms with Crippen LogP contribution in [0.4, 0.5) is 0 Å². The lowest BCUT2D eigenvalue weighted by Crippen LogP contribution is -2.54. The van der Waals surface area contributed by atoms with E-state index in [4.69, 9.17) is 16.3 Å². The van der Waals surface area contributed by atoms with Crippen LogP contribution in [0.2, 0.25) is 5.15 Å². The zero-order chi connectivity index (χ0) is 15.4. The van der Waals surface area contributed by atoms with Crippen molar-refractivity contribution in [2.24, 2.45) is 0 Å². The van der Waals surface area contributed by atoms with Crippen LogP contribution in [-0.2, 0) is 16.0 Å². The highest BCUT2D eigenvalue weighted by Gasteiger charge is 2.30. The molecule has 116 valence electrons. The maximum atomic E-state index is 12.2. The molecule has 0 aromatic carbocycles. The van der Waals surface area contributed by atoms with Crippen molar-refractivity contribution in [2.45, 2.75) is 31.9 Å². The van der Waals surface area contributed by atoms with Crippen molar-refractivity contribution < 1.29 is 14.3 Å². The summed E-state index contributed by atoms with van der Waals surface area (Å²) < 4.78 is 5.35. The quantitative estimate of drug-likeness (QED) is 0.779. The van der Waals surface area contributed by atoms with Crippen molar-refractivity contribution in [3.63, 3.8) is 0 Å². The zero-order valence-electron chi connectivity index (χ0n) is 12.1. The van der Waals surface area contributed by atoms with E-state index >= 15 is 0 Å². The fraction of sp³-hybridized carbons (Fsp3) is 0.615. The molecule has 1 aliphatic rings. The Morgan fingerprint density at radius 1 is 1.67 bits per heavy atom. The summed E-state index contributed by atoms with van der Waals surface area (Å²) in [5.41, 5.74) is 0.737. The second-order valence-electron chi connectivity index (χ2n) is 4.95. The molecule has 2 atom stereocenters. The van der Waals surface area contributed by atoms with E-state index in [-0.39, 0.29) is 23.9 Å². The number of aromatic amines is 1. The van der Waals surface area contributed by atoms with E-state index in [2.05, 4.69) is 15.3 Å². The lowest BCUT2D eigenvalue weighted by Gasteiger charge is -2.36. The van der Waals surface area contributed by atoms with Crippen LogP contribution in [0.15, 0.2) is 0 Å².